The first kappa shape index (κ1) is 15.1. The zero-order valence-corrected chi connectivity index (χ0v) is 13.6. The van der Waals surface area contributed by atoms with Gasteiger partial charge in [-0.3, -0.25) is 4.98 Å². The Bertz CT molecular complexity index is 778. The van der Waals surface area contributed by atoms with Crippen molar-refractivity contribution in [1.82, 2.24) is 9.88 Å². The van der Waals surface area contributed by atoms with Crippen LogP contribution in [0.25, 0.3) is 11.1 Å². The zero-order chi connectivity index (χ0) is 16.7. The number of halogens is 1. The predicted molar refractivity (Wildman–Crippen MR) is 91.3 cm³/mol. The number of aromatic nitrogens is 1. The van der Waals surface area contributed by atoms with Gasteiger partial charge in [-0.15, -0.1) is 0 Å². The Morgan fingerprint density at radius 2 is 2.04 bits per heavy atom. The number of rotatable bonds is 2. The van der Waals surface area contributed by atoms with Gasteiger partial charge in [0, 0.05) is 29.5 Å². The number of piperidine rings is 1. The van der Waals surface area contributed by atoms with Gasteiger partial charge in [0.1, 0.15) is 5.82 Å². The summed E-state index contributed by atoms with van der Waals surface area (Å²) < 4.78 is 13.4. The van der Waals surface area contributed by atoms with Crippen LogP contribution in [0.3, 0.4) is 0 Å². The number of pyridine rings is 1. The Balaban J connectivity index is 1.56. The van der Waals surface area contributed by atoms with Gasteiger partial charge in [0.2, 0.25) is 0 Å². The van der Waals surface area contributed by atoms with Crippen LogP contribution in [0.4, 0.5) is 14.9 Å². The summed E-state index contributed by atoms with van der Waals surface area (Å²) in [7, 11) is 0. The highest BCUT2D eigenvalue weighted by atomic mass is 19.1. The molecule has 2 aliphatic heterocycles. The number of anilines is 1. The monoisotopic (exact) mass is 325 g/mol. The fraction of sp³-hybridized carbons (Fsp3) is 0.368. The van der Waals surface area contributed by atoms with Gasteiger partial charge in [-0.25, -0.2) is 9.18 Å². The quantitative estimate of drug-likeness (QED) is 0.892. The molecule has 4 rings (SSSR count). The van der Waals surface area contributed by atoms with E-state index in [1.807, 2.05) is 30.0 Å². The first-order chi connectivity index (χ1) is 11.6. The number of carbonyl (C=O) groups excluding carboxylic acids is 1. The molecule has 2 aliphatic rings. The smallest absolute Gasteiger partial charge is 0.318 e. The highest BCUT2D eigenvalue weighted by Gasteiger charge is 2.44. The van der Waals surface area contributed by atoms with E-state index in [1.54, 1.807) is 6.20 Å². The van der Waals surface area contributed by atoms with Gasteiger partial charge in [0.15, 0.2) is 0 Å². The van der Waals surface area contributed by atoms with Crippen molar-refractivity contribution in [2.75, 3.05) is 5.32 Å². The standard InChI is InChI=1S/C19H20FN3O/c1-12-5-6-15(8-18(12)13-7-14(20)11-21-10-13)22-19(24)23-16-3-2-4-17(23)9-16/h5-8,10-11,16-17H,2-4,9H2,1H3,(H,22,24)/t16-,17?/m0/s1. The molecular weight excluding hydrogens is 305 g/mol. The van der Waals surface area contributed by atoms with Gasteiger partial charge in [-0.05, 0) is 61.9 Å². The third-order valence-electron chi connectivity index (χ3n) is 5.14. The summed E-state index contributed by atoms with van der Waals surface area (Å²) in [5, 5.41) is 3.00. The van der Waals surface area contributed by atoms with Gasteiger partial charge in [0.25, 0.3) is 0 Å². The second-order valence-corrected chi connectivity index (χ2v) is 6.73. The van der Waals surface area contributed by atoms with Crippen LogP contribution in [-0.4, -0.2) is 28.0 Å². The van der Waals surface area contributed by atoms with Gasteiger partial charge in [-0.1, -0.05) is 6.07 Å². The molecule has 2 amide bonds. The summed E-state index contributed by atoms with van der Waals surface area (Å²) in [5.74, 6) is -0.366. The van der Waals surface area contributed by atoms with E-state index in [0.717, 1.165) is 36.1 Å². The van der Waals surface area contributed by atoms with E-state index in [-0.39, 0.29) is 11.8 Å². The minimum atomic E-state index is -0.366. The second kappa shape index (κ2) is 5.89. The van der Waals surface area contributed by atoms with Crippen molar-refractivity contribution in [2.45, 2.75) is 44.7 Å². The van der Waals surface area contributed by atoms with Crippen molar-refractivity contribution in [3.8, 4) is 11.1 Å². The van der Waals surface area contributed by atoms with E-state index in [1.165, 1.54) is 18.7 Å². The van der Waals surface area contributed by atoms with Gasteiger partial charge in [0.05, 0.1) is 6.20 Å². The molecular formula is C19H20FN3O. The molecule has 1 unspecified atom stereocenters. The molecule has 0 radical (unpaired) electrons. The van der Waals surface area contributed by atoms with Crippen molar-refractivity contribution in [2.24, 2.45) is 0 Å². The molecule has 2 bridgehead atoms. The first-order valence-electron chi connectivity index (χ1n) is 8.43. The van der Waals surface area contributed by atoms with Crippen molar-refractivity contribution in [3.63, 3.8) is 0 Å². The predicted octanol–water partition coefficient (Wildman–Crippen LogP) is 4.35. The maximum atomic E-state index is 13.4. The number of aryl methyl sites for hydroxylation is 1. The molecule has 1 aromatic heterocycles. The molecule has 2 atom stereocenters. The molecule has 2 saturated heterocycles. The van der Waals surface area contributed by atoms with Crippen LogP contribution in [0.15, 0.2) is 36.7 Å². The minimum Gasteiger partial charge on any atom is -0.318 e. The molecule has 24 heavy (non-hydrogen) atoms. The average molecular weight is 325 g/mol. The summed E-state index contributed by atoms with van der Waals surface area (Å²) >= 11 is 0. The number of hydrogen-bond donors (Lipinski definition) is 1. The SMILES string of the molecule is Cc1ccc(NC(=O)N2C3CCC[C@H]2C3)cc1-c1cncc(F)c1. The highest BCUT2D eigenvalue weighted by Crippen LogP contribution is 2.38. The molecule has 5 heteroatoms. The van der Waals surface area contributed by atoms with E-state index in [9.17, 15) is 9.18 Å². The topological polar surface area (TPSA) is 45.2 Å². The Morgan fingerprint density at radius 3 is 2.75 bits per heavy atom. The van der Waals surface area contributed by atoms with Crippen molar-refractivity contribution >= 4 is 11.7 Å². The summed E-state index contributed by atoms with van der Waals surface area (Å²) in [6, 6.07) is 7.96. The number of benzene rings is 1. The molecule has 1 aromatic carbocycles. The van der Waals surface area contributed by atoms with Crippen LogP contribution in [0, 0.1) is 12.7 Å². The number of carbonyl (C=O) groups is 1. The zero-order valence-electron chi connectivity index (χ0n) is 13.6. The lowest BCUT2D eigenvalue weighted by atomic mass is 9.80. The van der Waals surface area contributed by atoms with E-state index >= 15 is 0 Å². The third-order valence-corrected chi connectivity index (χ3v) is 5.14. The number of nitrogens with zero attached hydrogens (tertiary/aromatic N) is 2. The Kier molecular flexibility index (Phi) is 3.71. The summed E-state index contributed by atoms with van der Waals surface area (Å²) in [6.45, 7) is 1.96. The highest BCUT2D eigenvalue weighted by molar-refractivity contribution is 5.91. The van der Waals surface area contributed by atoms with Gasteiger partial charge < -0.3 is 10.2 Å². The molecule has 2 aromatic rings. The fourth-order valence-corrected chi connectivity index (χ4v) is 3.89. The third kappa shape index (κ3) is 2.64. The van der Waals surface area contributed by atoms with Crippen LogP contribution < -0.4 is 5.32 Å². The van der Waals surface area contributed by atoms with E-state index < -0.39 is 0 Å². The van der Waals surface area contributed by atoms with Crippen LogP contribution in [-0.2, 0) is 0 Å². The lowest BCUT2D eigenvalue weighted by Gasteiger charge is -2.52. The van der Waals surface area contributed by atoms with Crippen LogP contribution >= 0.6 is 0 Å². The summed E-state index contributed by atoms with van der Waals surface area (Å²) in [5.41, 5.74) is 3.34. The van der Waals surface area contributed by atoms with Crippen molar-refractivity contribution in [3.05, 3.63) is 48.0 Å². The molecule has 0 spiro atoms. The van der Waals surface area contributed by atoms with E-state index in [0.29, 0.717) is 17.6 Å². The minimum absolute atomic E-state index is 0.0249. The fourth-order valence-electron chi connectivity index (χ4n) is 3.89. The number of nitrogens with one attached hydrogen (secondary N) is 1. The summed E-state index contributed by atoms with van der Waals surface area (Å²) in [4.78, 5) is 18.4. The molecule has 2 fully saturated rings. The molecule has 4 nitrogen and oxygen atoms in total. The van der Waals surface area contributed by atoms with E-state index in [2.05, 4.69) is 10.3 Å². The number of fused-ring (bicyclic) bond motifs is 2. The summed E-state index contributed by atoms with van der Waals surface area (Å²) in [6.07, 6.45) is 7.40. The molecule has 0 saturated carbocycles. The van der Waals surface area contributed by atoms with Crippen LogP contribution in [0.5, 0.6) is 0 Å². The number of amides is 2. The Morgan fingerprint density at radius 1 is 1.25 bits per heavy atom. The Hall–Kier alpha value is -2.43. The van der Waals surface area contributed by atoms with Crippen LogP contribution in [0.1, 0.15) is 31.2 Å². The molecule has 1 N–H and O–H groups in total. The van der Waals surface area contributed by atoms with E-state index in [4.69, 9.17) is 0 Å². The van der Waals surface area contributed by atoms with Crippen LogP contribution in [0.2, 0.25) is 0 Å². The number of urea groups is 1. The molecule has 124 valence electrons. The Labute approximate surface area is 140 Å². The first-order valence-corrected chi connectivity index (χ1v) is 8.43. The normalized spacial score (nSPS) is 22.0. The largest absolute Gasteiger partial charge is 0.322 e. The average Bonchev–Trinajstić information content (AvgIpc) is 2.57. The second-order valence-electron chi connectivity index (χ2n) is 6.73. The molecule has 3 heterocycles. The number of hydrogen-bond acceptors (Lipinski definition) is 2. The lowest BCUT2D eigenvalue weighted by Crippen LogP contribution is -2.62. The molecule has 0 aliphatic carbocycles. The maximum Gasteiger partial charge on any atom is 0.322 e. The van der Waals surface area contributed by atoms with Gasteiger partial charge in [-0.2, -0.15) is 0 Å². The van der Waals surface area contributed by atoms with Crippen molar-refractivity contribution < 1.29 is 9.18 Å². The maximum absolute atomic E-state index is 13.4. The van der Waals surface area contributed by atoms with Crippen molar-refractivity contribution in [1.29, 1.82) is 0 Å². The lowest BCUT2D eigenvalue weighted by molar-refractivity contribution is 0.0173. The van der Waals surface area contributed by atoms with Gasteiger partial charge >= 0.3 is 6.03 Å².